The van der Waals surface area contributed by atoms with Crippen LogP contribution in [0.5, 0.6) is 11.5 Å². The Hall–Kier alpha value is -7.68. The zero-order chi connectivity index (χ0) is 38.4. The molecule has 0 unspecified atom stereocenters. The SMILES string of the molecule is c1ccc2c(c1)-c1ccccc1C21c2cc(-c3ccc4c(c3)-c3cccc5cccc(c35)O4)ccc2-c2c1cc1ccccc1c2-c1ccc2c(c1)oc1ccccc12. The van der Waals surface area contributed by atoms with Crippen LogP contribution in [0, 0.1) is 0 Å². The molecule has 2 heteroatoms. The molecule has 0 amide bonds. The molecule has 59 heavy (non-hydrogen) atoms. The van der Waals surface area contributed by atoms with E-state index in [0.29, 0.717) is 0 Å². The van der Waals surface area contributed by atoms with Gasteiger partial charge in [-0.05, 0) is 137 Å². The lowest BCUT2D eigenvalue weighted by Crippen LogP contribution is -2.26. The van der Waals surface area contributed by atoms with Crippen LogP contribution in [-0.2, 0) is 5.41 Å². The molecule has 10 aromatic carbocycles. The van der Waals surface area contributed by atoms with Gasteiger partial charge in [-0.15, -0.1) is 0 Å². The maximum Gasteiger partial charge on any atom is 0.136 e. The Balaban J connectivity index is 1.07. The van der Waals surface area contributed by atoms with Crippen molar-refractivity contribution < 1.29 is 9.15 Å². The van der Waals surface area contributed by atoms with Crippen LogP contribution in [0.2, 0.25) is 0 Å². The summed E-state index contributed by atoms with van der Waals surface area (Å²) in [6.07, 6.45) is 0. The summed E-state index contributed by atoms with van der Waals surface area (Å²) in [5.74, 6) is 1.80. The van der Waals surface area contributed by atoms with E-state index in [1.807, 2.05) is 6.07 Å². The zero-order valence-corrected chi connectivity index (χ0v) is 31.8. The highest BCUT2D eigenvalue weighted by molar-refractivity contribution is 6.13. The fourth-order valence-electron chi connectivity index (χ4n) is 11.1. The second-order valence-corrected chi connectivity index (χ2v) is 16.3. The number of benzene rings is 10. The normalized spacial score (nSPS) is 13.7. The van der Waals surface area contributed by atoms with Gasteiger partial charge in [0.1, 0.15) is 22.7 Å². The fourth-order valence-corrected chi connectivity index (χ4v) is 11.1. The molecule has 2 aliphatic carbocycles. The van der Waals surface area contributed by atoms with Gasteiger partial charge in [-0.3, -0.25) is 0 Å². The van der Waals surface area contributed by atoms with E-state index in [1.165, 1.54) is 82.7 Å². The van der Waals surface area contributed by atoms with Crippen molar-refractivity contribution in [2.75, 3.05) is 0 Å². The standard InChI is InChI=1S/C57H32O2/c1-2-14-38-36(11-1)31-49-56(55(38)37-24-26-42-41-17-5-8-21-50(41)59-53(42)32-37)44-27-23-35(30-48(44)57(49)46-19-6-3-15-39(46)40-16-4-7-20-47(40)57)34-25-28-51-45(29-34)43-18-9-12-33-13-10-22-52(58-51)54(33)43/h1-32H. The van der Waals surface area contributed by atoms with Crippen LogP contribution in [0.15, 0.2) is 199 Å². The second kappa shape index (κ2) is 11.2. The maximum atomic E-state index is 6.54. The summed E-state index contributed by atoms with van der Waals surface area (Å²) in [5, 5.41) is 7.10. The van der Waals surface area contributed by atoms with Crippen molar-refractivity contribution in [3.63, 3.8) is 0 Å². The Bertz CT molecular complexity index is 3610. The van der Waals surface area contributed by atoms with Crippen molar-refractivity contribution in [3.8, 4) is 67.1 Å². The first kappa shape index (κ1) is 31.4. The van der Waals surface area contributed by atoms with Crippen LogP contribution in [0.3, 0.4) is 0 Å². The Morgan fingerprint density at radius 1 is 0.322 bits per heavy atom. The predicted molar refractivity (Wildman–Crippen MR) is 241 cm³/mol. The average Bonchev–Trinajstić information content (AvgIpc) is 3.91. The molecule has 1 aliphatic heterocycles. The molecule has 0 atom stereocenters. The minimum Gasteiger partial charge on any atom is -0.456 e. The molecule has 0 fully saturated rings. The molecule has 0 saturated carbocycles. The van der Waals surface area contributed by atoms with Gasteiger partial charge in [0.05, 0.1) is 5.41 Å². The third-order valence-corrected chi connectivity index (χ3v) is 13.5. The van der Waals surface area contributed by atoms with Crippen LogP contribution in [0.1, 0.15) is 22.3 Å². The molecule has 14 rings (SSSR count). The number of hydrogen-bond acceptors (Lipinski definition) is 2. The molecule has 1 spiro atoms. The number of hydrogen-bond donors (Lipinski definition) is 0. The molecule has 0 bridgehead atoms. The van der Waals surface area contributed by atoms with E-state index in [2.05, 4.69) is 188 Å². The van der Waals surface area contributed by atoms with Crippen molar-refractivity contribution in [1.82, 2.24) is 0 Å². The van der Waals surface area contributed by atoms with Crippen LogP contribution in [0.25, 0.3) is 99.1 Å². The Morgan fingerprint density at radius 3 is 1.85 bits per heavy atom. The van der Waals surface area contributed by atoms with E-state index in [-0.39, 0.29) is 0 Å². The van der Waals surface area contributed by atoms with Crippen molar-refractivity contribution in [1.29, 1.82) is 0 Å². The molecule has 0 saturated heterocycles. The van der Waals surface area contributed by atoms with Crippen LogP contribution >= 0.6 is 0 Å². The highest BCUT2D eigenvalue weighted by Crippen LogP contribution is 2.65. The van der Waals surface area contributed by atoms with Gasteiger partial charge in [-0.25, -0.2) is 0 Å². The first-order valence-corrected chi connectivity index (χ1v) is 20.4. The highest BCUT2D eigenvalue weighted by Gasteiger charge is 2.52. The summed E-state index contributed by atoms with van der Waals surface area (Å²) >= 11 is 0. The molecule has 0 radical (unpaired) electrons. The van der Waals surface area contributed by atoms with Gasteiger partial charge in [0.15, 0.2) is 0 Å². The van der Waals surface area contributed by atoms with Crippen LogP contribution in [0.4, 0.5) is 0 Å². The summed E-state index contributed by atoms with van der Waals surface area (Å²) in [4.78, 5) is 0. The molecule has 2 nitrogen and oxygen atoms in total. The van der Waals surface area contributed by atoms with Gasteiger partial charge < -0.3 is 9.15 Å². The molecule has 2 heterocycles. The van der Waals surface area contributed by atoms with E-state index >= 15 is 0 Å². The number of furan rings is 1. The maximum absolute atomic E-state index is 6.54. The minimum absolute atomic E-state index is 0.530. The quantitative estimate of drug-likeness (QED) is 0.176. The number of ether oxygens (including phenoxy) is 1. The molecule has 0 N–H and O–H groups in total. The monoisotopic (exact) mass is 748 g/mol. The smallest absolute Gasteiger partial charge is 0.136 e. The molecule has 3 aliphatic rings. The number of para-hydroxylation sites is 1. The first-order valence-electron chi connectivity index (χ1n) is 20.4. The molecule has 11 aromatic rings. The van der Waals surface area contributed by atoms with Crippen LogP contribution in [-0.4, -0.2) is 0 Å². The van der Waals surface area contributed by atoms with Crippen molar-refractivity contribution in [2.24, 2.45) is 0 Å². The Kier molecular flexibility index (Phi) is 5.99. The summed E-state index contributed by atoms with van der Waals surface area (Å²) in [6.45, 7) is 0. The third kappa shape index (κ3) is 4.00. The predicted octanol–water partition coefficient (Wildman–Crippen LogP) is 15.3. The van der Waals surface area contributed by atoms with Crippen LogP contribution < -0.4 is 4.74 Å². The van der Waals surface area contributed by atoms with Gasteiger partial charge in [0, 0.05) is 21.7 Å². The van der Waals surface area contributed by atoms with Crippen molar-refractivity contribution in [2.45, 2.75) is 5.41 Å². The van der Waals surface area contributed by atoms with Gasteiger partial charge in [-0.1, -0.05) is 146 Å². The van der Waals surface area contributed by atoms with Gasteiger partial charge in [-0.2, -0.15) is 0 Å². The summed E-state index contributed by atoms with van der Waals surface area (Å²) in [7, 11) is 0. The second-order valence-electron chi connectivity index (χ2n) is 16.3. The fraction of sp³-hybridized carbons (Fsp3) is 0.0175. The lowest BCUT2D eigenvalue weighted by molar-refractivity contribution is 0.487. The summed E-state index contributed by atoms with van der Waals surface area (Å²) in [5.41, 5.74) is 18.8. The lowest BCUT2D eigenvalue weighted by Gasteiger charge is -2.31. The lowest BCUT2D eigenvalue weighted by atomic mass is 9.69. The highest BCUT2D eigenvalue weighted by atomic mass is 16.5. The van der Waals surface area contributed by atoms with Crippen molar-refractivity contribution in [3.05, 3.63) is 216 Å². The molecular formula is C57H32O2. The van der Waals surface area contributed by atoms with Gasteiger partial charge in [0.25, 0.3) is 0 Å². The van der Waals surface area contributed by atoms with Crippen molar-refractivity contribution >= 4 is 43.5 Å². The average molecular weight is 749 g/mol. The third-order valence-electron chi connectivity index (χ3n) is 13.5. The topological polar surface area (TPSA) is 22.4 Å². The number of fused-ring (bicyclic) bond motifs is 16. The molecule has 1 aromatic heterocycles. The molecule has 272 valence electrons. The summed E-state index contributed by atoms with van der Waals surface area (Å²) in [6, 6.07) is 71.5. The van der Waals surface area contributed by atoms with E-state index in [4.69, 9.17) is 9.15 Å². The van der Waals surface area contributed by atoms with E-state index in [9.17, 15) is 0 Å². The van der Waals surface area contributed by atoms with E-state index in [0.717, 1.165) is 50.1 Å². The first-order chi connectivity index (χ1) is 29.2. The minimum atomic E-state index is -0.530. The van der Waals surface area contributed by atoms with E-state index < -0.39 is 5.41 Å². The van der Waals surface area contributed by atoms with E-state index in [1.54, 1.807) is 0 Å². The Labute approximate surface area is 340 Å². The zero-order valence-electron chi connectivity index (χ0n) is 31.8. The van der Waals surface area contributed by atoms with Gasteiger partial charge >= 0.3 is 0 Å². The molecular weight excluding hydrogens is 717 g/mol. The largest absolute Gasteiger partial charge is 0.456 e. The Morgan fingerprint density at radius 2 is 0.983 bits per heavy atom. The van der Waals surface area contributed by atoms with Gasteiger partial charge in [0.2, 0.25) is 0 Å². The number of rotatable bonds is 2. The summed E-state index contributed by atoms with van der Waals surface area (Å²) < 4.78 is 13.1.